The normalized spacial score (nSPS) is 10.4. The Balaban J connectivity index is 2.86. The van der Waals surface area contributed by atoms with Crippen molar-refractivity contribution in [3.05, 3.63) is 40.5 Å². The highest BCUT2D eigenvalue weighted by Gasteiger charge is 2.03. The lowest BCUT2D eigenvalue weighted by Gasteiger charge is -2.03. The Hall–Kier alpha value is -1.41. The summed E-state index contributed by atoms with van der Waals surface area (Å²) in [5, 5.41) is 1.55. The average molecular weight is 206 g/mol. The molecule has 0 fully saturated rings. The van der Waals surface area contributed by atoms with Gasteiger partial charge in [-0.15, -0.1) is 0 Å². The number of halogens is 1. The minimum Gasteiger partial charge on any atom is -0.298 e. The highest BCUT2D eigenvalue weighted by molar-refractivity contribution is 6.35. The Morgan fingerprint density at radius 1 is 1.43 bits per heavy atom. The van der Waals surface area contributed by atoms with Crippen molar-refractivity contribution in [1.82, 2.24) is 4.98 Å². The maximum Gasteiger partial charge on any atom is 0.151 e. The Bertz CT molecular complexity index is 508. The van der Waals surface area contributed by atoms with Crippen LogP contribution in [0.1, 0.15) is 15.9 Å². The number of hydrogen-bond donors (Lipinski definition) is 0. The van der Waals surface area contributed by atoms with E-state index < -0.39 is 0 Å². The van der Waals surface area contributed by atoms with E-state index in [0.717, 1.165) is 22.8 Å². The molecule has 14 heavy (non-hydrogen) atoms. The van der Waals surface area contributed by atoms with Crippen LogP contribution in [0.2, 0.25) is 5.02 Å². The maximum atomic E-state index is 10.6. The average Bonchev–Trinajstić information content (AvgIpc) is 2.23. The van der Waals surface area contributed by atoms with Crippen molar-refractivity contribution in [2.45, 2.75) is 6.92 Å². The Morgan fingerprint density at radius 3 is 2.93 bits per heavy atom. The maximum absolute atomic E-state index is 10.6. The van der Waals surface area contributed by atoms with E-state index in [-0.39, 0.29) is 0 Å². The van der Waals surface area contributed by atoms with Crippen LogP contribution in [-0.4, -0.2) is 11.3 Å². The molecule has 1 aromatic carbocycles. The van der Waals surface area contributed by atoms with Crippen LogP contribution in [0.3, 0.4) is 0 Å². The third-order valence-corrected chi connectivity index (χ3v) is 2.48. The summed E-state index contributed by atoms with van der Waals surface area (Å²) >= 11 is 5.97. The minimum absolute atomic E-state index is 0.572. The van der Waals surface area contributed by atoms with Crippen LogP contribution in [-0.2, 0) is 0 Å². The standard InChI is InChI=1S/C11H8ClNO/c1-7-2-3-10(12)11-9(7)4-8(6-14)5-13-11/h2-6H,1H3. The molecule has 0 aliphatic carbocycles. The van der Waals surface area contributed by atoms with Crippen molar-refractivity contribution < 1.29 is 4.79 Å². The quantitative estimate of drug-likeness (QED) is 0.670. The molecular formula is C11H8ClNO. The molecule has 0 unspecified atom stereocenters. The van der Waals surface area contributed by atoms with Gasteiger partial charge in [0.05, 0.1) is 10.5 Å². The lowest BCUT2D eigenvalue weighted by Crippen LogP contribution is -1.87. The summed E-state index contributed by atoms with van der Waals surface area (Å²) in [4.78, 5) is 14.7. The second-order valence-corrected chi connectivity index (χ2v) is 3.55. The van der Waals surface area contributed by atoms with Gasteiger partial charge >= 0.3 is 0 Å². The van der Waals surface area contributed by atoms with Crippen LogP contribution in [0.4, 0.5) is 0 Å². The molecule has 0 aliphatic rings. The van der Waals surface area contributed by atoms with E-state index in [1.54, 1.807) is 6.07 Å². The number of aldehydes is 1. The number of pyridine rings is 1. The van der Waals surface area contributed by atoms with Crippen LogP contribution in [0.15, 0.2) is 24.4 Å². The lowest BCUT2D eigenvalue weighted by atomic mass is 10.1. The SMILES string of the molecule is Cc1ccc(Cl)c2ncc(C=O)cc12. The van der Waals surface area contributed by atoms with Gasteiger partial charge in [-0.3, -0.25) is 9.78 Å². The summed E-state index contributed by atoms with van der Waals surface area (Å²) in [6.07, 6.45) is 2.31. The highest BCUT2D eigenvalue weighted by Crippen LogP contribution is 2.24. The number of nitrogens with zero attached hydrogens (tertiary/aromatic N) is 1. The van der Waals surface area contributed by atoms with Gasteiger partial charge in [0.1, 0.15) is 0 Å². The molecule has 0 bridgehead atoms. The lowest BCUT2D eigenvalue weighted by molar-refractivity contribution is 0.112. The summed E-state index contributed by atoms with van der Waals surface area (Å²) in [6, 6.07) is 5.53. The number of aryl methyl sites for hydroxylation is 1. The molecule has 0 aliphatic heterocycles. The number of rotatable bonds is 1. The third kappa shape index (κ3) is 1.38. The molecular weight excluding hydrogens is 198 g/mol. The van der Waals surface area contributed by atoms with Crippen molar-refractivity contribution >= 4 is 28.8 Å². The third-order valence-electron chi connectivity index (χ3n) is 2.18. The summed E-state index contributed by atoms with van der Waals surface area (Å²) in [5.41, 5.74) is 2.39. The monoisotopic (exact) mass is 205 g/mol. The Morgan fingerprint density at radius 2 is 2.21 bits per heavy atom. The van der Waals surface area contributed by atoms with Gasteiger partial charge in [0.15, 0.2) is 6.29 Å². The molecule has 0 amide bonds. The molecule has 2 aromatic rings. The zero-order valence-electron chi connectivity index (χ0n) is 7.62. The van der Waals surface area contributed by atoms with Gasteiger partial charge in [0.25, 0.3) is 0 Å². The van der Waals surface area contributed by atoms with E-state index in [1.807, 2.05) is 19.1 Å². The smallest absolute Gasteiger partial charge is 0.151 e. The van der Waals surface area contributed by atoms with Crippen LogP contribution >= 0.6 is 11.6 Å². The van der Waals surface area contributed by atoms with E-state index in [0.29, 0.717) is 10.6 Å². The van der Waals surface area contributed by atoms with E-state index in [1.165, 1.54) is 6.20 Å². The molecule has 1 aromatic heterocycles. The fourth-order valence-corrected chi connectivity index (χ4v) is 1.62. The first kappa shape index (κ1) is 9.16. The number of carbonyl (C=O) groups excluding carboxylic acids is 1. The van der Waals surface area contributed by atoms with Gasteiger partial charge < -0.3 is 0 Å². The molecule has 0 spiro atoms. The Kier molecular flexibility index (Phi) is 2.22. The first-order valence-corrected chi connectivity index (χ1v) is 4.60. The largest absolute Gasteiger partial charge is 0.298 e. The van der Waals surface area contributed by atoms with E-state index in [4.69, 9.17) is 11.6 Å². The molecule has 2 nitrogen and oxygen atoms in total. The molecule has 3 heteroatoms. The van der Waals surface area contributed by atoms with Crippen molar-refractivity contribution in [1.29, 1.82) is 0 Å². The fourth-order valence-electron chi connectivity index (χ4n) is 1.40. The number of hydrogen-bond acceptors (Lipinski definition) is 2. The van der Waals surface area contributed by atoms with Crippen LogP contribution in [0.25, 0.3) is 10.9 Å². The molecule has 0 saturated heterocycles. The number of aromatic nitrogens is 1. The molecule has 0 N–H and O–H groups in total. The molecule has 0 atom stereocenters. The van der Waals surface area contributed by atoms with E-state index >= 15 is 0 Å². The first-order valence-electron chi connectivity index (χ1n) is 4.22. The summed E-state index contributed by atoms with van der Waals surface area (Å²) in [6.45, 7) is 1.97. The van der Waals surface area contributed by atoms with Crippen LogP contribution < -0.4 is 0 Å². The summed E-state index contributed by atoms with van der Waals surface area (Å²) in [7, 11) is 0. The van der Waals surface area contributed by atoms with Gasteiger partial charge in [-0.2, -0.15) is 0 Å². The topological polar surface area (TPSA) is 30.0 Å². The second-order valence-electron chi connectivity index (χ2n) is 3.15. The van der Waals surface area contributed by atoms with Crippen molar-refractivity contribution in [3.8, 4) is 0 Å². The number of carbonyl (C=O) groups is 1. The number of fused-ring (bicyclic) bond motifs is 1. The highest BCUT2D eigenvalue weighted by atomic mass is 35.5. The van der Waals surface area contributed by atoms with E-state index in [9.17, 15) is 4.79 Å². The second kappa shape index (κ2) is 3.39. The molecule has 1 heterocycles. The molecule has 2 rings (SSSR count). The van der Waals surface area contributed by atoms with Crippen molar-refractivity contribution in [3.63, 3.8) is 0 Å². The van der Waals surface area contributed by atoms with Crippen molar-refractivity contribution in [2.75, 3.05) is 0 Å². The summed E-state index contributed by atoms with van der Waals surface area (Å²) in [5.74, 6) is 0. The van der Waals surface area contributed by atoms with E-state index in [2.05, 4.69) is 4.98 Å². The predicted octanol–water partition coefficient (Wildman–Crippen LogP) is 3.01. The minimum atomic E-state index is 0.572. The summed E-state index contributed by atoms with van der Waals surface area (Å²) < 4.78 is 0. The van der Waals surface area contributed by atoms with Gasteiger partial charge in [-0.25, -0.2) is 0 Å². The fraction of sp³-hybridized carbons (Fsp3) is 0.0909. The van der Waals surface area contributed by atoms with Crippen molar-refractivity contribution in [2.24, 2.45) is 0 Å². The predicted molar refractivity (Wildman–Crippen MR) is 56.9 cm³/mol. The molecule has 70 valence electrons. The molecule has 0 radical (unpaired) electrons. The van der Waals surface area contributed by atoms with Gasteiger partial charge in [-0.1, -0.05) is 17.7 Å². The van der Waals surface area contributed by atoms with Gasteiger partial charge in [0.2, 0.25) is 0 Å². The first-order chi connectivity index (χ1) is 6.72. The zero-order valence-corrected chi connectivity index (χ0v) is 8.38. The Labute approximate surface area is 86.5 Å². The van der Waals surface area contributed by atoms with Gasteiger partial charge in [-0.05, 0) is 24.6 Å². The van der Waals surface area contributed by atoms with Gasteiger partial charge in [0, 0.05) is 17.1 Å². The van der Waals surface area contributed by atoms with Crippen LogP contribution in [0.5, 0.6) is 0 Å². The number of benzene rings is 1. The van der Waals surface area contributed by atoms with Crippen LogP contribution in [0, 0.1) is 6.92 Å². The molecule has 0 saturated carbocycles. The zero-order chi connectivity index (χ0) is 10.1.